The van der Waals surface area contributed by atoms with E-state index in [0.29, 0.717) is 0 Å². The highest BCUT2D eigenvalue weighted by Crippen LogP contribution is 2.28. The van der Waals surface area contributed by atoms with E-state index in [1.165, 1.54) is 0 Å². The van der Waals surface area contributed by atoms with Crippen LogP contribution in [0.4, 0.5) is 13.2 Å². The third-order valence-electron chi connectivity index (χ3n) is 2.21. The van der Waals surface area contributed by atoms with Crippen molar-refractivity contribution in [2.45, 2.75) is 19.1 Å². The summed E-state index contributed by atoms with van der Waals surface area (Å²) < 4.78 is 36.8. The largest absolute Gasteiger partial charge is 0.416 e. The lowest BCUT2D eigenvalue weighted by molar-refractivity contribution is -0.137. The summed E-state index contributed by atoms with van der Waals surface area (Å²) in [6, 6.07) is 3.82. The van der Waals surface area contributed by atoms with Gasteiger partial charge in [-0.2, -0.15) is 13.2 Å². The van der Waals surface area contributed by atoms with Crippen LogP contribution in [0.5, 0.6) is 0 Å². The number of halogens is 3. The minimum Gasteiger partial charge on any atom is -0.348 e. The first-order chi connectivity index (χ1) is 7.84. The molecule has 0 aliphatic carbocycles. The zero-order valence-electron chi connectivity index (χ0n) is 9.21. The molecular weight excluding hydrogens is 233 g/mol. The van der Waals surface area contributed by atoms with E-state index in [0.717, 1.165) is 24.3 Å². The summed E-state index contributed by atoms with van der Waals surface area (Å²) in [5.41, 5.74) is 4.72. The monoisotopic (exact) mass is 246 g/mol. The van der Waals surface area contributed by atoms with Gasteiger partial charge in [-0.1, -0.05) is 0 Å². The first-order valence-corrected chi connectivity index (χ1v) is 5.02. The third kappa shape index (κ3) is 3.74. The SMILES string of the molecule is C[C@H](CN)NC(=O)c1ccc(C(F)(F)F)cc1. The van der Waals surface area contributed by atoms with Gasteiger partial charge in [0, 0.05) is 18.2 Å². The molecule has 0 aliphatic heterocycles. The number of nitrogens with one attached hydrogen (secondary N) is 1. The predicted molar refractivity (Wildman–Crippen MR) is 57.4 cm³/mol. The van der Waals surface area contributed by atoms with Crippen LogP contribution in [0.15, 0.2) is 24.3 Å². The average molecular weight is 246 g/mol. The van der Waals surface area contributed by atoms with E-state index >= 15 is 0 Å². The van der Waals surface area contributed by atoms with E-state index in [4.69, 9.17) is 5.73 Å². The van der Waals surface area contributed by atoms with Crippen LogP contribution in [0.1, 0.15) is 22.8 Å². The Labute approximate surface area is 96.8 Å². The molecule has 6 heteroatoms. The number of amides is 1. The van der Waals surface area contributed by atoms with Crippen molar-refractivity contribution in [3.8, 4) is 0 Å². The molecule has 0 saturated carbocycles. The Balaban J connectivity index is 2.78. The van der Waals surface area contributed by atoms with Crippen molar-refractivity contribution < 1.29 is 18.0 Å². The standard InChI is InChI=1S/C11H13F3N2O/c1-7(6-15)16-10(17)8-2-4-9(5-3-8)11(12,13)14/h2-5,7H,6,15H2,1H3,(H,16,17)/t7-/m1/s1. The number of carbonyl (C=O) groups excluding carboxylic acids is 1. The lowest BCUT2D eigenvalue weighted by Crippen LogP contribution is -2.37. The Bertz CT molecular complexity index is 387. The predicted octanol–water partition coefficient (Wildman–Crippen LogP) is 1.78. The molecule has 3 N–H and O–H groups in total. The second kappa shape index (κ2) is 5.18. The quantitative estimate of drug-likeness (QED) is 0.854. The lowest BCUT2D eigenvalue weighted by Gasteiger charge is -2.12. The number of carbonyl (C=O) groups is 1. The van der Waals surface area contributed by atoms with E-state index in [1.54, 1.807) is 6.92 Å². The molecule has 0 saturated heterocycles. The van der Waals surface area contributed by atoms with E-state index in [2.05, 4.69) is 5.32 Å². The third-order valence-corrected chi connectivity index (χ3v) is 2.21. The zero-order valence-corrected chi connectivity index (χ0v) is 9.21. The molecular formula is C11H13F3N2O. The molecule has 1 amide bonds. The van der Waals surface area contributed by atoms with Crippen LogP contribution in [0.25, 0.3) is 0 Å². The fourth-order valence-corrected chi connectivity index (χ4v) is 1.18. The molecule has 0 bridgehead atoms. The van der Waals surface area contributed by atoms with E-state index < -0.39 is 17.6 Å². The Morgan fingerprint density at radius 3 is 2.29 bits per heavy atom. The lowest BCUT2D eigenvalue weighted by atomic mass is 10.1. The summed E-state index contributed by atoms with van der Waals surface area (Å²) in [6.45, 7) is 1.98. The first kappa shape index (κ1) is 13.5. The van der Waals surface area contributed by atoms with Crippen molar-refractivity contribution in [2.24, 2.45) is 5.73 Å². The van der Waals surface area contributed by atoms with E-state index in [9.17, 15) is 18.0 Å². The molecule has 94 valence electrons. The zero-order chi connectivity index (χ0) is 13.1. The van der Waals surface area contributed by atoms with Crippen LogP contribution in [-0.4, -0.2) is 18.5 Å². The number of hydrogen-bond donors (Lipinski definition) is 2. The second-order valence-corrected chi connectivity index (χ2v) is 3.69. The van der Waals surface area contributed by atoms with Crippen LogP contribution >= 0.6 is 0 Å². The van der Waals surface area contributed by atoms with Gasteiger partial charge in [0.2, 0.25) is 0 Å². The van der Waals surface area contributed by atoms with Crippen molar-refractivity contribution in [2.75, 3.05) is 6.54 Å². The summed E-state index contributed by atoms with van der Waals surface area (Å²) in [4.78, 5) is 11.5. The highest BCUT2D eigenvalue weighted by Gasteiger charge is 2.30. The summed E-state index contributed by atoms with van der Waals surface area (Å²) in [6.07, 6.45) is -4.39. The topological polar surface area (TPSA) is 55.1 Å². The van der Waals surface area contributed by atoms with Crippen LogP contribution in [0.2, 0.25) is 0 Å². The van der Waals surface area contributed by atoms with Crippen molar-refractivity contribution >= 4 is 5.91 Å². The van der Waals surface area contributed by atoms with Gasteiger partial charge in [0.1, 0.15) is 0 Å². The molecule has 1 atom stereocenters. The second-order valence-electron chi connectivity index (χ2n) is 3.69. The fraction of sp³-hybridized carbons (Fsp3) is 0.364. The minimum absolute atomic E-state index is 0.179. The molecule has 1 aromatic rings. The molecule has 0 aliphatic rings. The molecule has 1 aromatic carbocycles. The summed E-state index contributed by atoms with van der Waals surface area (Å²) >= 11 is 0. The van der Waals surface area contributed by atoms with Gasteiger partial charge in [-0.3, -0.25) is 4.79 Å². The van der Waals surface area contributed by atoms with Crippen LogP contribution in [0, 0.1) is 0 Å². The van der Waals surface area contributed by atoms with Crippen molar-refractivity contribution in [3.63, 3.8) is 0 Å². The van der Waals surface area contributed by atoms with Gasteiger partial charge >= 0.3 is 6.18 Å². The molecule has 0 unspecified atom stereocenters. The molecule has 0 fully saturated rings. The molecule has 0 heterocycles. The normalized spacial score (nSPS) is 13.2. The average Bonchev–Trinajstić information content (AvgIpc) is 2.27. The van der Waals surface area contributed by atoms with Gasteiger partial charge in [0.05, 0.1) is 5.56 Å². The molecule has 1 rings (SSSR count). The summed E-state index contributed by atoms with van der Waals surface area (Å²) in [5.74, 6) is -0.434. The van der Waals surface area contributed by atoms with Crippen molar-refractivity contribution in [3.05, 3.63) is 35.4 Å². The van der Waals surface area contributed by atoms with Crippen molar-refractivity contribution in [1.29, 1.82) is 0 Å². The minimum atomic E-state index is -4.39. The molecule has 0 aromatic heterocycles. The van der Waals surface area contributed by atoms with Crippen LogP contribution < -0.4 is 11.1 Å². The summed E-state index contributed by atoms with van der Waals surface area (Å²) in [7, 11) is 0. The van der Waals surface area contributed by atoms with E-state index in [-0.39, 0.29) is 18.2 Å². The number of rotatable bonds is 3. The Kier molecular flexibility index (Phi) is 4.11. The molecule has 17 heavy (non-hydrogen) atoms. The van der Waals surface area contributed by atoms with Crippen LogP contribution in [0.3, 0.4) is 0 Å². The maximum absolute atomic E-state index is 12.3. The highest BCUT2D eigenvalue weighted by molar-refractivity contribution is 5.94. The summed E-state index contributed by atoms with van der Waals surface area (Å²) in [5, 5.41) is 2.56. The fourth-order valence-electron chi connectivity index (χ4n) is 1.18. The number of hydrogen-bond acceptors (Lipinski definition) is 2. The van der Waals surface area contributed by atoms with Gasteiger partial charge < -0.3 is 11.1 Å². The number of benzene rings is 1. The molecule has 0 radical (unpaired) electrons. The number of nitrogens with two attached hydrogens (primary N) is 1. The van der Waals surface area contributed by atoms with E-state index in [1.807, 2.05) is 0 Å². The Hall–Kier alpha value is -1.56. The van der Waals surface area contributed by atoms with Gasteiger partial charge in [-0.15, -0.1) is 0 Å². The highest BCUT2D eigenvalue weighted by atomic mass is 19.4. The first-order valence-electron chi connectivity index (χ1n) is 5.02. The smallest absolute Gasteiger partial charge is 0.348 e. The van der Waals surface area contributed by atoms with Crippen molar-refractivity contribution in [1.82, 2.24) is 5.32 Å². The Morgan fingerprint density at radius 2 is 1.88 bits per heavy atom. The van der Waals surface area contributed by atoms with Gasteiger partial charge in [-0.25, -0.2) is 0 Å². The van der Waals surface area contributed by atoms with Gasteiger partial charge in [0.25, 0.3) is 5.91 Å². The van der Waals surface area contributed by atoms with Gasteiger partial charge in [0.15, 0.2) is 0 Å². The Morgan fingerprint density at radius 1 is 1.35 bits per heavy atom. The number of alkyl halides is 3. The van der Waals surface area contributed by atoms with Crippen LogP contribution in [-0.2, 0) is 6.18 Å². The molecule has 0 spiro atoms. The maximum Gasteiger partial charge on any atom is 0.416 e. The maximum atomic E-state index is 12.3. The van der Waals surface area contributed by atoms with Gasteiger partial charge in [-0.05, 0) is 31.2 Å². The molecule has 3 nitrogen and oxygen atoms in total.